The average Bonchev–Trinajstić information content (AvgIpc) is 3.62. The Balaban J connectivity index is 1.08. The molecule has 6 heterocycles. The number of hydrogen-bond acceptors (Lipinski definition) is 14. The van der Waals surface area contributed by atoms with Gasteiger partial charge in [0.1, 0.15) is 42.0 Å². The predicted octanol–water partition coefficient (Wildman–Crippen LogP) is 5.91. The largest absolute Gasteiger partial charge is 0.462 e. The van der Waals surface area contributed by atoms with Gasteiger partial charge in [-0.15, -0.1) is 0 Å². The quantitative estimate of drug-likeness (QED) is 0.204. The highest BCUT2D eigenvalue weighted by molar-refractivity contribution is 5.78. The van der Waals surface area contributed by atoms with Crippen LogP contribution in [-0.2, 0) is 52.2 Å². The van der Waals surface area contributed by atoms with Gasteiger partial charge in [-0.3, -0.25) is 4.79 Å². The molecule has 6 aliphatic heterocycles. The molecule has 1 spiro atoms. The van der Waals surface area contributed by atoms with Crippen LogP contribution in [0.5, 0.6) is 0 Å². The molecular weight excluding hydrogens is 825 g/mol. The summed E-state index contributed by atoms with van der Waals surface area (Å²) in [6.07, 6.45) is 13.8. The predicted molar refractivity (Wildman–Crippen MR) is 234 cm³/mol. The molecule has 358 valence electrons. The lowest BCUT2D eigenvalue weighted by molar-refractivity contribution is -0.318. The van der Waals surface area contributed by atoms with Crippen LogP contribution in [-0.4, -0.2) is 139 Å². The van der Waals surface area contributed by atoms with E-state index in [1.165, 1.54) is 19.3 Å². The van der Waals surface area contributed by atoms with E-state index in [1.807, 2.05) is 25.2 Å². The second kappa shape index (κ2) is 20.1. The Hall–Kier alpha value is -2.31. The molecule has 5 fully saturated rings. The zero-order chi connectivity index (χ0) is 45.5. The highest BCUT2D eigenvalue weighted by Gasteiger charge is 2.60. The van der Waals surface area contributed by atoms with Crippen LogP contribution in [0.4, 0.5) is 0 Å². The van der Waals surface area contributed by atoms with Gasteiger partial charge in [-0.25, -0.2) is 0 Å². The fraction of sp³-hybridized carbons (Fsp3) is 0.780. The molecule has 2 bridgehead atoms. The van der Waals surface area contributed by atoms with Crippen molar-refractivity contribution in [3.05, 3.63) is 59.3 Å². The van der Waals surface area contributed by atoms with E-state index in [0.29, 0.717) is 49.2 Å². The minimum atomic E-state index is -1.83. The van der Waals surface area contributed by atoms with Gasteiger partial charge >= 0.3 is 5.97 Å². The number of hydrogen-bond donors (Lipinski definition) is 3. The van der Waals surface area contributed by atoms with Gasteiger partial charge in [0.25, 0.3) is 0 Å². The standard InChI is InChI=1S/C50H74O14/c1-27-13-12-16-34-26-57-47-42(51)30(4)21-37(50(34,47)54)48(53)60-36-22-35(63-49(25-36)20-19-29(3)45(64-49)33-14-10-9-11-15-33)18-17-28(2)44(27)61-41-24-39(56-8)46(32(6)59-41)62-40-23-38(55-7)43(52)31(5)58-40/h12-13,16-17,19-21,27,29,31-33,35-47,51-52,54H,9-11,14-15,18,22-26H2,1-8H3/b13-12+,28-17+,34-16+/t27-,29-,31-,32-,35-,36-,37-,38+,39-,40-,41+,42-,43+,44-,45+,46+,47-,49+,50-/m0/s1. The summed E-state index contributed by atoms with van der Waals surface area (Å²) in [5, 5.41) is 34.3. The van der Waals surface area contributed by atoms with Crippen molar-refractivity contribution in [3.8, 4) is 0 Å². The summed E-state index contributed by atoms with van der Waals surface area (Å²) in [6.45, 7) is 11.9. The smallest absolute Gasteiger partial charge is 0.316 e. The molecule has 19 atom stereocenters. The molecule has 0 radical (unpaired) electrons. The number of esters is 1. The monoisotopic (exact) mass is 899 g/mol. The average molecular weight is 899 g/mol. The summed E-state index contributed by atoms with van der Waals surface area (Å²) >= 11 is 0. The molecule has 64 heavy (non-hydrogen) atoms. The number of carbonyl (C=O) groups excluding carboxylic acids is 1. The zero-order valence-electron chi connectivity index (χ0n) is 39.0. The van der Waals surface area contributed by atoms with Crippen molar-refractivity contribution >= 4 is 5.97 Å². The topological polar surface area (TPSA) is 170 Å². The Morgan fingerprint density at radius 1 is 0.812 bits per heavy atom. The summed E-state index contributed by atoms with van der Waals surface area (Å²) in [5.41, 5.74) is 0.166. The number of allylic oxidation sites excluding steroid dienone is 2. The van der Waals surface area contributed by atoms with E-state index in [9.17, 15) is 20.1 Å². The van der Waals surface area contributed by atoms with Crippen molar-refractivity contribution < 1.29 is 67.5 Å². The first-order chi connectivity index (χ1) is 30.6. The van der Waals surface area contributed by atoms with Crippen LogP contribution in [0.25, 0.3) is 0 Å². The fourth-order valence-corrected chi connectivity index (χ4v) is 11.7. The van der Waals surface area contributed by atoms with Crippen molar-refractivity contribution in [1.29, 1.82) is 0 Å². The second-order valence-corrected chi connectivity index (χ2v) is 20.0. The zero-order valence-corrected chi connectivity index (χ0v) is 39.0. The summed E-state index contributed by atoms with van der Waals surface area (Å²) < 4.78 is 64.1. The highest BCUT2D eigenvalue weighted by atomic mass is 16.7. The van der Waals surface area contributed by atoms with E-state index >= 15 is 0 Å². The van der Waals surface area contributed by atoms with Gasteiger partial charge in [0.2, 0.25) is 0 Å². The maximum Gasteiger partial charge on any atom is 0.316 e. The number of methoxy groups -OCH3 is 2. The Labute approximate surface area is 379 Å². The van der Waals surface area contributed by atoms with Crippen molar-refractivity contribution in [2.24, 2.45) is 23.7 Å². The molecule has 14 nitrogen and oxygen atoms in total. The molecule has 0 amide bonds. The van der Waals surface area contributed by atoms with E-state index < -0.39 is 90.8 Å². The summed E-state index contributed by atoms with van der Waals surface area (Å²) in [5.74, 6) is -2.32. The minimum Gasteiger partial charge on any atom is -0.462 e. The van der Waals surface area contributed by atoms with Gasteiger partial charge in [0.15, 0.2) is 18.4 Å². The minimum absolute atomic E-state index is 0.0242. The number of carbonyl (C=O) groups is 1. The summed E-state index contributed by atoms with van der Waals surface area (Å²) in [7, 11) is 3.23. The van der Waals surface area contributed by atoms with Gasteiger partial charge in [0.05, 0.1) is 49.3 Å². The van der Waals surface area contributed by atoms with E-state index in [0.717, 1.165) is 18.4 Å². The molecular formula is C50H74O14. The molecule has 8 aliphatic rings. The third-order valence-electron chi connectivity index (χ3n) is 15.4. The first-order valence-corrected chi connectivity index (χ1v) is 24.0. The maximum absolute atomic E-state index is 14.4. The number of aliphatic hydroxyl groups excluding tert-OH is 2. The van der Waals surface area contributed by atoms with Gasteiger partial charge < -0.3 is 62.7 Å². The molecule has 0 unspecified atom stereocenters. The normalized spacial score (nSPS) is 49.2. The van der Waals surface area contributed by atoms with Crippen LogP contribution in [0.1, 0.15) is 106 Å². The van der Waals surface area contributed by atoms with Gasteiger partial charge in [-0.2, -0.15) is 0 Å². The number of fused-ring (bicyclic) bond motifs is 2. The molecule has 4 saturated heterocycles. The van der Waals surface area contributed by atoms with Crippen molar-refractivity contribution in [2.75, 3.05) is 20.8 Å². The molecule has 0 aromatic heterocycles. The van der Waals surface area contributed by atoms with Crippen molar-refractivity contribution in [1.82, 2.24) is 0 Å². The lowest BCUT2D eigenvalue weighted by atomic mass is 9.71. The van der Waals surface area contributed by atoms with Gasteiger partial charge in [-0.05, 0) is 75.7 Å². The molecule has 1 saturated carbocycles. The van der Waals surface area contributed by atoms with Crippen LogP contribution in [0.2, 0.25) is 0 Å². The van der Waals surface area contributed by atoms with Crippen molar-refractivity contribution in [2.45, 2.75) is 203 Å². The molecule has 3 N–H and O–H groups in total. The van der Waals surface area contributed by atoms with Gasteiger partial charge in [-0.1, -0.05) is 69.6 Å². The van der Waals surface area contributed by atoms with Crippen LogP contribution in [0.15, 0.2) is 59.3 Å². The van der Waals surface area contributed by atoms with E-state index in [2.05, 4.69) is 32.9 Å². The molecule has 14 heteroatoms. The van der Waals surface area contributed by atoms with Crippen LogP contribution in [0.3, 0.4) is 0 Å². The third kappa shape index (κ3) is 9.82. The Kier molecular flexibility index (Phi) is 15.1. The molecule has 0 aromatic rings. The Bertz CT molecular complexity index is 1790. The maximum atomic E-state index is 14.4. The number of ether oxygens (including phenoxy) is 10. The molecule has 0 aromatic carbocycles. The molecule has 2 aliphatic carbocycles. The first kappa shape index (κ1) is 48.2. The van der Waals surface area contributed by atoms with Crippen LogP contribution in [0, 0.1) is 23.7 Å². The van der Waals surface area contributed by atoms with Crippen molar-refractivity contribution in [3.63, 3.8) is 0 Å². The fourth-order valence-electron chi connectivity index (χ4n) is 11.7. The van der Waals surface area contributed by atoms with Crippen LogP contribution >= 0.6 is 0 Å². The van der Waals surface area contributed by atoms with Crippen LogP contribution < -0.4 is 0 Å². The lowest BCUT2D eigenvalue weighted by Gasteiger charge is -2.49. The lowest BCUT2D eigenvalue weighted by Crippen LogP contribution is -2.58. The number of rotatable bonds is 7. The van der Waals surface area contributed by atoms with E-state index in [-0.39, 0.29) is 36.8 Å². The summed E-state index contributed by atoms with van der Waals surface area (Å²) in [6, 6.07) is 0. The third-order valence-corrected chi connectivity index (χ3v) is 15.4. The van der Waals surface area contributed by atoms with E-state index in [1.54, 1.807) is 40.2 Å². The highest BCUT2D eigenvalue weighted by Crippen LogP contribution is 2.48. The second-order valence-electron chi connectivity index (χ2n) is 20.0. The number of aliphatic hydroxyl groups is 3. The van der Waals surface area contributed by atoms with Gasteiger partial charge in [0, 0.05) is 51.7 Å². The summed E-state index contributed by atoms with van der Waals surface area (Å²) in [4.78, 5) is 14.4. The first-order valence-electron chi connectivity index (χ1n) is 24.0. The van der Waals surface area contributed by atoms with E-state index in [4.69, 9.17) is 47.4 Å². The SMILES string of the molecule is CO[C@H]1C[C@@H](O[C@@H]2/C(C)=C/C[C@H]3C[C@@H](C[C@]4(C=C[C@H](C)[C@H](C5CCCCC5)O4)O3)OC(=O)[C@@H]3C=C(C)[C@H](O)[C@@H]4OC/C(=C\C=C\[C@@H]2C)[C@]34O)O[C@@H](C)[C@H]1O[C@H]1C[C@@H](OC)[C@H](O)[C@H](C)O1. The Morgan fingerprint density at radius 2 is 1.53 bits per heavy atom. The molecule has 8 rings (SSSR count). The Morgan fingerprint density at radius 3 is 2.28 bits per heavy atom.